The van der Waals surface area contributed by atoms with Crippen LogP contribution in [0.15, 0.2) is 78.9 Å². The molecule has 7 heteroatoms. The lowest BCUT2D eigenvalue weighted by Gasteiger charge is -2.12. The monoisotopic (exact) mass is 447 g/mol. The molecule has 0 unspecified atom stereocenters. The first-order chi connectivity index (χ1) is 15.4. The standard InChI is InChI=1S/C25H25N3O3S/c1-17(2)31-22-13-11-19(12-14-22)24(30)28-25(32)27-21-10-6-9-20(15-21)23(29)26-16-18-7-4-3-5-8-18/h3-15,17H,16H2,1-2H3,(H,26,29)(H2,27,28,30,32). The molecule has 3 aromatic rings. The molecule has 0 aromatic heterocycles. The highest BCUT2D eigenvalue weighted by Crippen LogP contribution is 2.14. The average Bonchev–Trinajstić information content (AvgIpc) is 2.78. The molecule has 32 heavy (non-hydrogen) atoms. The van der Waals surface area contributed by atoms with Crippen LogP contribution in [-0.2, 0) is 6.54 Å². The highest BCUT2D eigenvalue weighted by Gasteiger charge is 2.10. The van der Waals surface area contributed by atoms with Crippen LogP contribution >= 0.6 is 12.2 Å². The number of amides is 2. The fourth-order valence-corrected chi connectivity index (χ4v) is 3.12. The second kappa shape index (κ2) is 11.1. The van der Waals surface area contributed by atoms with E-state index in [0.29, 0.717) is 29.1 Å². The Balaban J connectivity index is 1.54. The van der Waals surface area contributed by atoms with Crippen molar-refractivity contribution < 1.29 is 14.3 Å². The van der Waals surface area contributed by atoms with Crippen LogP contribution in [0.3, 0.4) is 0 Å². The Morgan fingerprint density at radius 1 is 0.875 bits per heavy atom. The summed E-state index contributed by atoms with van der Waals surface area (Å²) in [4.78, 5) is 24.9. The van der Waals surface area contributed by atoms with Crippen molar-refractivity contribution in [3.8, 4) is 5.75 Å². The van der Waals surface area contributed by atoms with Crippen molar-refractivity contribution in [3.05, 3.63) is 95.6 Å². The number of rotatable bonds is 7. The van der Waals surface area contributed by atoms with E-state index >= 15 is 0 Å². The quantitative estimate of drug-likeness (QED) is 0.464. The number of ether oxygens (including phenoxy) is 1. The van der Waals surface area contributed by atoms with E-state index < -0.39 is 0 Å². The first-order valence-corrected chi connectivity index (χ1v) is 10.6. The van der Waals surface area contributed by atoms with Gasteiger partial charge in [0.25, 0.3) is 11.8 Å². The maximum absolute atomic E-state index is 12.5. The highest BCUT2D eigenvalue weighted by molar-refractivity contribution is 7.80. The van der Waals surface area contributed by atoms with Gasteiger partial charge in [-0.3, -0.25) is 14.9 Å². The van der Waals surface area contributed by atoms with Gasteiger partial charge in [-0.2, -0.15) is 0 Å². The maximum Gasteiger partial charge on any atom is 0.257 e. The van der Waals surface area contributed by atoms with Gasteiger partial charge in [0.2, 0.25) is 0 Å². The smallest absolute Gasteiger partial charge is 0.257 e. The first-order valence-electron chi connectivity index (χ1n) is 10.2. The molecule has 0 saturated carbocycles. The van der Waals surface area contributed by atoms with Gasteiger partial charge >= 0.3 is 0 Å². The second-order valence-corrected chi connectivity index (χ2v) is 7.76. The van der Waals surface area contributed by atoms with Gasteiger partial charge in [-0.15, -0.1) is 0 Å². The lowest BCUT2D eigenvalue weighted by Crippen LogP contribution is -2.34. The van der Waals surface area contributed by atoms with Crippen molar-refractivity contribution in [2.75, 3.05) is 5.32 Å². The summed E-state index contributed by atoms with van der Waals surface area (Å²) in [7, 11) is 0. The van der Waals surface area contributed by atoms with Crippen LogP contribution in [0.2, 0.25) is 0 Å². The Morgan fingerprint density at radius 3 is 2.28 bits per heavy atom. The van der Waals surface area contributed by atoms with Crippen molar-refractivity contribution in [1.82, 2.24) is 10.6 Å². The zero-order valence-corrected chi connectivity index (χ0v) is 18.7. The van der Waals surface area contributed by atoms with E-state index in [2.05, 4.69) is 16.0 Å². The van der Waals surface area contributed by atoms with Gasteiger partial charge in [-0.05, 0) is 74.1 Å². The lowest BCUT2D eigenvalue weighted by molar-refractivity contribution is 0.0948. The number of carbonyl (C=O) groups excluding carboxylic acids is 2. The van der Waals surface area contributed by atoms with Crippen LogP contribution in [0.25, 0.3) is 0 Å². The van der Waals surface area contributed by atoms with Crippen LogP contribution in [0.1, 0.15) is 40.1 Å². The third kappa shape index (κ3) is 6.92. The summed E-state index contributed by atoms with van der Waals surface area (Å²) in [6.07, 6.45) is 0.0580. The third-order valence-electron chi connectivity index (χ3n) is 4.39. The summed E-state index contributed by atoms with van der Waals surface area (Å²) in [5, 5.41) is 8.61. The molecule has 3 N–H and O–H groups in total. The zero-order chi connectivity index (χ0) is 22.9. The minimum absolute atomic E-state index is 0.0580. The number of anilines is 1. The molecular weight excluding hydrogens is 422 g/mol. The van der Waals surface area contributed by atoms with Crippen LogP contribution in [0, 0.1) is 0 Å². The molecule has 0 atom stereocenters. The SMILES string of the molecule is CC(C)Oc1ccc(C(=O)NC(=S)Nc2cccc(C(=O)NCc3ccccc3)c2)cc1. The third-order valence-corrected chi connectivity index (χ3v) is 4.60. The number of carbonyl (C=O) groups is 2. The Labute approximate surface area is 193 Å². The van der Waals surface area contributed by atoms with E-state index in [0.717, 1.165) is 5.56 Å². The zero-order valence-electron chi connectivity index (χ0n) is 17.9. The van der Waals surface area contributed by atoms with Gasteiger partial charge in [0.05, 0.1) is 6.10 Å². The van der Waals surface area contributed by atoms with E-state index in [1.807, 2.05) is 44.2 Å². The fourth-order valence-electron chi connectivity index (χ4n) is 2.91. The van der Waals surface area contributed by atoms with Crippen LogP contribution in [0.4, 0.5) is 5.69 Å². The van der Waals surface area contributed by atoms with Crippen molar-refractivity contribution in [1.29, 1.82) is 0 Å². The van der Waals surface area contributed by atoms with Crippen molar-refractivity contribution in [2.24, 2.45) is 0 Å². The summed E-state index contributed by atoms with van der Waals surface area (Å²) in [6.45, 7) is 4.31. The summed E-state index contributed by atoms with van der Waals surface area (Å²) >= 11 is 5.25. The maximum atomic E-state index is 12.5. The Kier molecular flexibility index (Phi) is 7.94. The van der Waals surface area contributed by atoms with Gasteiger partial charge in [0.1, 0.15) is 5.75 Å². The fraction of sp³-hybridized carbons (Fsp3) is 0.160. The first kappa shape index (κ1) is 23.0. The average molecular weight is 448 g/mol. The summed E-state index contributed by atoms with van der Waals surface area (Å²) in [5.41, 5.74) is 2.56. The highest BCUT2D eigenvalue weighted by atomic mass is 32.1. The summed E-state index contributed by atoms with van der Waals surface area (Å²) in [6, 6.07) is 23.4. The molecule has 3 aromatic carbocycles. The Hall–Kier alpha value is -3.71. The number of benzene rings is 3. The number of thiocarbonyl (C=S) groups is 1. The minimum Gasteiger partial charge on any atom is -0.491 e. The Bertz CT molecular complexity index is 1080. The molecule has 0 aliphatic heterocycles. The van der Waals surface area contributed by atoms with E-state index in [1.54, 1.807) is 48.5 Å². The molecule has 0 spiro atoms. The lowest BCUT2D eigenvalue weighted by atomic mass is 10.1. The molecule has 0 fully saturated rings. The van der Waals surface area contributed by atoms with Crippen molar-refractivity contribution in [2.45, 2.75) is 26.5 Å². The molecule has 3 rings (SSSR count). The number of nitrogens with one attached hydrogen (secondary N) is 3. The number of hydrogen-bond donors (Lipinski definition) is 3. The van der Waals surface area contributed by atoms with Crippen molar-refractivity contribution >= 4 is 34.8 Å². The molecule has 164 valence electrons. The molecular formula is C25H25N3O3S. The largest absolute Gasteiger partial charge is 0.491 e. The summed E-state index contributed by atoms with van der Waals surface area (Å²) in [5.74, 6) is 0.158. The van der Waals surface area contributed by atoms with Gasteiger partial charge in [-0.25, -0.2) is 0 Å². The van der Waals surface area contributed by atoms with Gasteiger partial charge in [0, 0.05) is 23.4 Å². The molecule has 0 radical (unpaired) electrons. The van der Waals surface area contributed by atoms with E-state index in [4.69, 9.17) is 17.0 Å². The number of hydrogen-bond acceptors (Lipinski definition) is 4. The molecule has 6 nitrogen and oxygen atoms in total. The molecule has 0 saturated heterocycles. The van der Waals surface area contributed by atoms with E-state index in [1.165, 1.54) is 0 Å². The molecule has 2 amide bonds. The van der Waals surface area contributed by atoms with Crippen LogP contribution in [-0.4, -0.2) is 23.0 Å². The van der Waals surface area contributed by atoms with Crippen LogP contribution in [0.5, 0.6) is 5.75 Å². The van der Waals surface area contributed by atoms with Gasteiger partial charge in [-0.1, -0.05) is 36.4 Å². The molecule has 0 heterocycles. The predicted octanol–water partition coefficient (Wildman–Crippen LogP) is 4.53. The van der Waals surface area contributed by atoms with Crippen LogP contribution < -0.4 is 20.7 Å². The molecule has 0 aliphatic carbocycles. The predicted molar refractivity (Wildman–Crippen MR) is 130 cm³/mol. The molecule has 0 aliphatic rings. The van der Waals surface area contributed by atoms with Gasteiger partial charge in [0.15, 0.2) is 5.11 Å². The van der Waals surface area contributed by atoms with E-state index in [-0.39, 0.29) is 23.0 Å². The van der Waals surface area contributed by atoms with E-state index in [9.17, 15) is 9.59 Å². The molecule has 0 bridgehead atoms. The minimum atomic E-state index is -0.338. The summed E-state index contributed by atoms with van der Waals surface area (Å²) < 4.78 is 5.58. The van der Waals surface area contributed by atoms with Gasteiger partial charge < -0.3 is 15.4 Å². The Morgan fingerprint density at radius 2 is 1.59 bits per heavy atom. The topological polar surface area (TPSA) is 79.5 Å². The van der Waals surface area contributed by atoms with Crippen molar-refractivity contribution in [3.63, 3.8) is 0 Å². The second-order valence-electron chi connectivity index (χ2n) is 7.35. The normalized spacial score (nSPS) is 10.3.